The molecule has 0 fully saturated rings. The van der Waals surface area contributed by atoms with Crippen molar-refractivity contribution < 1.29 is 14.0 Å². The molecular formula is C20H12Cl2N4O3S2. The second-order valence-electron chi connectivity index (χ2n) is 6.17. The van der Waals surface area contributed by atoms with Crippen LogP contribution in [0.5, 0.6) is 0 Å². The summed E-state index contributed by atoms with van der Waals surface area (Å²) in [4.78, 5) is 28.9. The first kappa shape index (κ1) is 21.3. The topological polar surface area (TPSA) is 96.3 Å². The monoisotopic (exact) mass is 490 g/mol. The third-order valence-corrected chi connectivity index (χ3v) is 5.71. The molecule has 0 aliphatic carbocycles. The number of hydrogen-bond acceptors (Lipinski definition) is 6. The number of fused-ring (bicyclic) bond motifs is 1. The molecule has 0 atom stereocenters. The van der Waals surface area contributed by atoms with Crippen LogP contribution in [0.1, 0.15) is 20.9 Å². The lowest BCUT2D eigenvalue weighted by Gasteiger charge is -2.10. The Morgan fingerprint density at radius 1 is 1.03 bits per heavy atom. The van der Waals surface area contributed by atoms with E-state index in [0.717, 1.165) is 4.70 Å². The van der Waals surface area contributed by atoms with Crippen molar-refractivity contribution >= 4 is 84.7 Å². The van der Waals surface area contributed by atoms with Crippen molar-refractivity contribution in [2.24, 2.45) is 0 Å². The van der Waals surface area contributed by atoms with Gasteiger partial charge >= 0.3 is 0 Å². The molecule has 156 valence electrons. The van der Waals surface area contributed by atoms with E-state index in [1.807, 2.05) is 0 Å². The van der Waals surface area contributed by atoms with E-state index < -0.39 is 5.91 Å². The third kappa shape index (κ3) is 5.02. The molecule has 0 bridgehead atoms. The van der Waals surface area contributed by atoms with E-state index in [4.69, 9.17) is 39.8 Å². The second-order valence-corrected chi connectivity index (χ2v) is 8.45. The van der Waals surface area contributed by atoms with E-state index in [1.54, 1.807) is 36.4 Å². The summed E-state index contributed by atoms with van der Waals surface area (Å²) in [5.41, 5.74) is 1.56. The number of rotatable bonds is 4. The van der Waals surface area contributed by atoms with Crippen molar-refractivity contribution in [2.45, 2.75) is 0 Å². The fourth-order valence-corrected chi connectivity index (χ4v) is 4.11. The minimum absolute atomic E-state index is 0.0938. The van der Waals surface area contributed by atoms with Gasteiger partial charge in [0.25, 0.3) is 11.8 Å². The summed E-state index contributed by atoms with van der Waals surface area (Å²) in [6, 6.07) is 13.1. The number of carbonyl (C=O) groups excluding carboxylic acids is 2. The lowest BCUT2D eigenvalue weighted by Crippen LogP contribution is -2.34. The van der Waals surface area contributed by atoms with E-state index in [1.165, 1.54) is 29.7 Å². The van der Waals surface area contributed by atoms with Crippen LogP contribution >= 0.6 is 46.8 Å². The largest absolute Gasteiger partial charge is 0.459 e. The summed E-state index contributed by atoms with van der Waals surface area (Å²) in [5.74, 6) is -0.666. The Kier molecular flexibility index (Phi) is 6.19. The number of nitrogens with one attached hydrogen (secondary N) is 3. The molecule has 2 aromatic heterocycles. The third-order valence-electron chi connectivity index (χ3n) is 4.01. The van der Waals surface area contributed by atoms with E-state index in [2.05, 4.69) is 20.9 Å². The molecule has 11 heteroatoms. The predicted octanol–water partition coefficient (Wildman–Crippen LogP) is 5.58. The highest BCUT2D eigenvalue weighted by Crippen LogP contribution is 2.29. The van der Waals surface area contributed by atoms with Crippen LogP contribution in [0.15, 0.2) is 59.2 Å². The maximum atomic E-state index is 12.4. The SMILES string of the molecule is O=C(Nc1nc2ccc(NC(=S)NC(=O)c3cc(Cl)ccc3Cl)cc2s1)c1ccco1. The van der Waals surface area contributed by atoms with Gasteiger partial charge in [-0.2, -0.15) is 0 Å². The summed E-state index contributed by atoms with van der Waals surface area (Å²) in [5, 5.41) is 9.38. The minimum atomic E-state index is -0.480. The van der Waals surface area contributed by atoms with Crippen molar-refractivity contribution in [1.82, 2.24) is 10.3 Å². The Labute approximate surface area is 195 Å². The van der Waals surface area contributed by atoms with E-state index >= 15 is 0 Å². The number of benzene rings is 2. The van der Waals surface area contributed by atoms with Crippen molar-refractivity contribution in [2.75, 3.05) is 10.6 Å². The van der Waals surface area contributed by atoms with Crippen LogP contribution in [-0.2, 0) is 0 Å². The summed E-state index contributed by atoms with van der Waals surface area (Å²) >= 11 is 18.5. The molecule has 3 N–H and O–H groups in total. The molecule has 2 amide bonds. The van der Waals surface area contributed by atoms with Gasteiger partial charge in [-0.05, 0) is 60.7 Å². The Balaban J connectivity index is 1.43. The number of halogens is 2. The molecule has 2 heterocycles. The number of hydrogen-bond donors (Lipinski definition) is 3. The Hall–Kier alpha value is -2.98. The number of amides is 2. The highest BCUT2D eigenvalue weighted by atomic mass is 35.5. The number of nitrogens with zero attached hydrogens (tertiary/aromatic N) is 1. The second kappa shape index (κ2) is 9.03. The number of anilines is 2. The molecule has 31 heavy (non-hydrogen) atoms. The zero-order valence-corrected chi connectivity index (χ0v) is 18.6. The van der Waals surface area contributed by atoms with Gasteiger partial charge in [0.05, 0.1) is 27.1 Å². The van der Waals surface area contributed by atoms with Crippen molar-refractivity contribution in [3.8, 4) is 0 Å². The fraction of sp³-hybridized carbons (Fsp3) is 0. The summed E-state index contributed by atoms with van der Waals surface area (Å²) < 4.78 is 5.88. The van der Waals surface area contributed by atoms with Gasteiger partial charge in [0.1, 0.15) is 0 Å². The van der Waals surface area contributed by atoms with Crippen molar-refractivity contribution in [1.29, 1.82) is 0 Å². The average molecular weight is 491 g/mol. The smallest absolute Gasteiger partial charge is 0.293 e. The lowest BCUT2D eigenvalue weighted by atomic mass is 10.2. The maximum absolute atomic E-state index is 12.4. The van der Waals surface area contributed by atoms with Crippen LogP contribution in [0.25, 0.3) is 10.2 Å². The Bertz CT molecular complexity index is 1310. The normalized spacial score (nSPS) is 10.6. The summed E-state index contributed by atoms with van der Waals surface area (Å²) in [6.45, 7) is 0. The first-order chi connectivity index (χ1) is 14.9. The van der Waals surface area contributed by atoms with Crippen LogP contribution in [-0.4, -0.2) is 21.9 Å². The van der Waals surface area contributed by atoms with Crippen molar-refractivity contribution in [3.05, 3.63) is 76.2 Å². The average Bonchev–Trinajstić information content (AvgIpc) is 3.39. The minimum Gasteiger partial charge on any atom is -0.459 e. The lowest BCUT2D eigenvalue weighted by molar-refractivity contribution is 0.0975. The number of carbonyl (C=O) groups is 2. The molecule has 4 rings (SSSR count). The standard InChI is InChI=1S/C20H12Cl2N4O3S2/c21-10-3-5-13(22)12(8-10)17(27)25-19(30)23-11-4-6-14-16(9-11)31-20(24-14)26-18(28)15-2-1-7-29-15/h1-9H,(H,24,26,28)(H2,23,25,27,30). The first-order valence-electron chi connectivity index (χ1n) is 8.72. The number of aromatic nitrogens is 1. The van der Waals surface area contributed by atoms with E-state index in [9.17, 15) is 9.59 Å². The van der Waals surface area contributed by atoms with E-state index in [-0.39, 0.29) is 27.4 Å². The highest BCUT2D eigenvalue weighted by Gasteiger charge is 2.14. The van der Waals surface area contributed by atoms with Gasteiger partial charge in [-0.3, -0.25) is 20.2 Å². The molecule has 4 aromatic rings. The fourth-order valence-electron chi connectivity index (χ4n) is 2.63. The molecule has 0 saturated heterocycles. The van der Waals surface area contributed by atoms with Gasteiger partial charge in [-0.15, -0.1) is 0 Å². The molecule has 0 spiro atoms. The molecule has 7 nitrogen and oxygen atoms in total. The van der Waals surface area contributed by atoms with Crippen LogP contribution in [0.4, 0.5) is 10.8 Å². The van der Waals surface area contributed by atoms with Gasteiger partial charge in [0, 0.05) is 10.7 Å². The predicted molar refractivity (Wildman–Crippen MR) is 126 cm³/mol. The van der Waals surface area contributed by atoms with Crippen LogP contribution < -0.4 is 16.0 Å². The molecule has 0 aliphatic rings. The van der Waals surface area contributed by atoms with Gasteiger partial charge in [-0.25, -0.2) is 4.98 Å². The van der Waals surface area contributed by atoms with Crippen LogP contribution in [0.2, 0.25) is 10.0 Å². The summed E-state index contributed by atoms with van der Waals surface area (Å²) in [7, 11) is 0. The van der Waals surface area contributed by atoms with Crippen LogP contribution in [0, 0.1) is 0 Å². The van der Waals surface area contributed by atoms with Crippen molar-refractivity contribution in [3.63, 3.8) is 0 Å². The molecular weight excluding hydrogens is 479 g/mol. The van der Waals surface area contributed by atoms with E-state index in [0.29, 0.717) is 21.4 Å². The van der Waals surface area contributed by atoms with Gasteiger partial charge in [0.15, 0.2) is 16.0 Å². The number of thiazole rings is 1. The summed E-state index contributed by atoms with van der Waals surface area (Å²) in [6.07, 6.45) is 1.42. The van der Waals surface area contributed by atoms with Gasteiger partial charge in [-0.1, -0.05) is 34.5 Å². The molecule has 0 saturated carbocycles. The highest BCUT2D eigenvalue weighted by molar-refractivity contribution is 7.80. The molecule has 0 aliphatic heterocycles. The zero-order chi connectivity index (χ0) is 22.0. The Morgan fingerprint density at radius 2 is 1.87 bits per heavy atom. The first-order valence-corrected chi connectivity index (χ1v) is 10.7. The van der Waals surface area contributed by atoms with Gasteiger partial charge in [0.2, 0.25) is 0 Å². The Morgan fingerprint density at radius 3 is 2.65 bits per heavy atom. The van der Waals surface area contributed by atoms with Gasteiger partial charge < -0.3 is 9.73 Å². The molecule has 0 unspecified atom stereocenters. The quantitative estimate of drug-likeness (QED) is 0.323. The molecule has 0 radical (unpaired) electrons. The maximum Gasteiger partial charge on any atom is 0.293 e. The zero-order valence-electron chi connectivity index (χ0n) is 15.4. The van der Waals surface area contributed by atoms with Crippen LogP contribution in [0.3, 0.4) is 0 Å². The molecule has 2 aromatic carbocycles. The number of thiocarbonyl (C=S) groups is 1. The number of furan rings is 1.